The second-order valence-electron chi connectivity index (χ2n) is 7.36. The molecular formula is C15H24N6O6S. The van der Waals surface area contributed by atoms with Crippen LogP contribution in [0, 0.1) is 0 Å². The number of amides is 2. The lowest BCUT2D eigenvalue weighted by Crippen LogP contribution is -2.48. The van der Waals surface area contributed by atoms with Crippen molar-refractivity contribution < 1.29 is 27.9 Å². The highest BCUT2D eigenvalue weighted by Crippen LogP contribution is 2.38. The summed E-state index contributed by atoms with van der Waals surface area (Å²) in [6, 6.07) is -1.36. The van der Waals surface area contributed by atoms with Crippen LogP contribution in [0.1, 0.15) is 39.0 Å². The number of hydroxylamine groups is 2. The summed E-state index contributed by atoms with van der Waals surface area (Å²) in [5.41, 5.74) is 0. The first-order valence-corrected chi connectivity index (χ1v) is 10.7. The van der Waals surface area contributed by atoms with E-state index >= 15 is 0 Å². The van der Waals surface area contributed by atoms with E-state index in [-0.39, 0.29) is 14.0 Å². The number of carbonyl (C=O) groups is 1. The Hall–Kier alpha value is -1.80. The molecule has 1 aromatic rings. The molecule has 3 aliphatic rings. The minimum atomic E-state index is -5.01. The molecule has 3 atom stereocenters. The van der Waals surface area contributed by atoms with Crippen LogP contribution in [0.4, 0.5) is 4.79 Å². The molecule has 13 heteroatoms. The number of hydrogen-bond donors (Lipinski definition) is 1. The molecule has 0 radical (unpaired) electrons. The predicted octanol–water partition coefficient (Wildman–Crippen LogP) is -0.649. The lowest BCUT2D eigenvalue weighted by atomic mass is 10.0. The van der Waals surface area contributed by atoms with Gasteiger partial charge < -0.3 is 19.2 Å². The number of piperazine rings is 1. The predicted molar refractivity (Wildman–Crippen MR) is 93.5 cm³/mol. The average molecular weight is 416 g/mol. The van der Waals surface area contributed by atoms with Crippen LogP contribution in [0.25, 0.3) is 0 Å². The van der Waals surface area contributed by atoms with Gasteiger partial charge in [0.2, 0.25) is 22.2 Å². The standard InChI is InChI=1S/C15H24N6O6S/c1-10(19-6-4-16-5-7-19)8-13-17-18-14(26-13)12-3-2-11-9-20(12)15(22)21(11)27-28(23,24)25/h10-12,16H,2-9H2,1H3,(H,23,24,25)/t10?,11-,12+/m1/s1. The van der Waals surface area contributed by atoms with Crippen LogP contribution >= 0.6 is 0 Å². The maximum atomic E-state index is 12.5. The molecule has 12 nitrogen and oxygen atoms in total. The molecule has 2 amide bonds. The van der Waals surface area contributed by atoms with Crippen molar-refractivity contribution in [2.75, 3.05) is 32.7 Å². The number of urea groups is 1. The normalized spacial score (nSPS) is 27.4. The van der Waals surface area contributed by atoms with Gasteiger partial charge in [-0.2, -0.15) is 9.35 Å². The molecule has 1 aromatic heterocycles. The highest BCUT2D eigenvalue weighted by atomic mass is 32.3. The zero-order valence-corrected chi connectivity index (χ0v) is 16.3. The van der Waals surface area contributed by atoms with E-state index < -0.39 is 28.5 Å². The number of fused-ring (bicyclic) bond motifs is 2. The van der Waals surface area contributed by atoms with Crippen LogP contribution < -0.4 is 5.32 Å². The van der Waals surface area contributed by atoms with Gasteiger partial charge in [0.15, 0.2) is 0 Å². The van der Waals surface area contributed by atoms with Crippen molar-refractivity contribution in [2.45, 2.75) is 44.3 Å². The zero-order valence-electron chi connectivity index (χ0n) is 16.5. The van der Waals surface area contributed by atoms with Crippen molar-refractivity contribution in [1.82, 2.24) is 30.4 Å². The number of hydrogen-bond acceptors (Lipinski definition) is 10. The van der Waals surface area contributed by atoms with Crippen molar-refractivity contribution in [2.24, 2.45) is 0 Å². The Morgan fingerprint density at radius 3 is 2.82 bits per heavy atom. The number of nitrogens with one attached hydrogen (secondary N) is 1. The molecule has 1 N–H and O–H groups in total. The number of piperidine rings is 1. The Morgan fingerprint density at radius 1 is 1.36 bits per heavy atom. The van der Waals surface area contributed by atoms with E-state index in [1.165, 1.54) is 4.90 Å². The Labute approximate surface area is 164 Å². The summed E-state index contributed by atoms with van der Waals surface area (Å²) in [6.07, 6.45) is 1.60. The maximum absolute atomic E-state index is 12.5. The first-order valence-electron chi connectivity index (χ1n) is 9.34. The summed E-state index contributed by atoms with van der Waals surface area (Å²) in [5.74, 6) is 0.825. The summed E-state index contributed by atoms with van der Waals surface area (Å²) in [6.45, 7) is 6.20. The smallest absolute Gasteiger partial charge is 0.724 e. The molecule has 0 aliphatic carbocycles. The minimum Gasteiger partial charge on any atom is -0.724 e. The van der Waals surface area contributed by atoms with E-state index in [4.69, 9.17) is 4.42 Å². The Balaban J connectivity index is 0.00000240. The van der Waals surface area contributed by atoms with E-state index in [1.54, 1.807) is 0 Å². The van der Waals surface area contributed by atoms with Crippen molar-refractivity contribution in [3.63, 3.8) is 0 Å². The number of rotatable bonds is 6. The van der Waals surface area contributed by atoms with Crippen LogP contribution in [-0.2, 0) is 21.1 Å². The third-order valence-electron chi connectivity index (χ3n) is 5.51. The van der Waals surface area contributed by atoms with Gasteiger partial charge in [0.05, 0.1) is 6.04 Å². The largest absolute Gasteiger partial charge is 1.00 e. The van der Waals surface area contributed by atoms with Crippen molar-refractivity contribution in [3.05, 3.63) is 11.8 Å². The first-order chi connectivity index (χ1) is 13.3. The summed E-state index contributed by atoms with van der Waals surface area (Å²) < 4.78 is 42.7. The van der Waals surface area contributed by atoms with Crippen LogP contribution in [0.3, 0.4) is 0 Å². The molecule has 156 valence electrons. The van der Waals surface area contributed by atoms with Crippen molar-refractivity contribution in [3.8, 4) is 0 Å². The molecule has 0 saturated carbocycles. The van der Waals surface area contributed by atoms with Gasteiger partial charge in [0.1, 0.15) is 6.04 Å². The van der Waals surface area contributed by atoms with E-state index in [2.05, 4.69) is 31.6 Å². The third-order valence-corrected chi connectivity index (χ3v) is 5.85. The lowest BCUT2D eigenvalue weighted by Gasteiger charge is -2.32. The van der Waals surface area contributed by atoms with Gasteiger partial charge >= 0.3 is 7.46 Å². The summed E-state index contributed by atoms with van der Waals surface area (Å²) in [5, 5.41) is 12.2. The van der Waals surface area contributed by atoms with Gasteiger partial charge in [-0.15, -0.1) is 10.2 Å². The number of carbonyl (C=O) groups excluding carboxylic acids is 1. The Kier molecular flexibility index (Phi) is 5.26. The first kappa shape index (κ1) is 19.5. The van der Waals surface area contributed by atoms with Crippen molar-refractivity contribution in [1.29, 1.82) is 0 Å². The zero-order chi connectivity index (χ0) is 19.9. The monoisotopic (exact) mass is 416 g/mol. The number of nitrogens with zero attached hydrogens (tertiary/aromatic N) is 5. The topological polar surface area (TPSA) is 144 Å². The van der Waals surface area contributed by atoms with Crippen LogP contribution in [-0.4, -0.2) is 88.9 Å². The summed E-state index contributed by atoms with van der Waals surface area (Å²) in [7, 11) is -5.01. The van der Waals surface area contributed by atoms with Gasteiger partial charge in [0, 0.05) is 45.2 Å². The molecule has 28 heavy (non-hydrogen) atoms. The van der Waals surface area contributed by atoms with Crippen molar-refractivity contribution >= 4 is 16.4 Å². The molecule has 3 saturated heterocycles. The minimum absolute atomic E-state index is 0. The van der Waals surface area contributed by atoms with Gasteiger partial charge in [0.25, 0.3) is 0 Å². The maximum Gasteiger partial charge on any atom is 1.00 e. The third kappa shape index (κ3) is 3.98. The second-order valence-corrected chi connectivity index (χ2v) is 8.33. The van der Waals surface area contributed by atoms with Crippen LogP contribution in [0.15, 0.2) is 4.42 Å². The van der Waals surface area contributed by atoms with E-state index in [0.717, 1.165) is 26.2 Å². The molecule has 1 unspecified atom stereocenters. The van der Waals surface area contributed by atoms with Gasteiger partial charge in [-0.1, -0.05) is 0 Å². The molecule has 0 aromatic carbocycles. The fourth-order valence-corrected chi connectivity index (χ4v) is 4.46. The van der Waals surface area contributed by atoms with Crippen LogP contribution in [0.5, 0.6) is 0 Å². The molecule has 2 bridgehead atoms. The molecule has 0 spiro atoms. The van der Waals surface area contributed by atoms with E-state index in [1.807, 2.05) is 0 Å². The molecule has 4 heterocycles. The molecule has 3 aliphatic heterocycles. The Bertz CT molecular complexity index is 831. The fourth-order valence-electron chi connectivity index (χ4n) is 4.07. The molecule has 3 fully saturated rings. The highest BCUT2D eigenvalue weighted by Gasteiger charge is 2.48. The van der Waals surface area contributed by atoms with Crippen LogP contribution in [0.2, 0.25) is 0 Å². The van der Waals surface area contributed by atoms with Gasteiger partial charge in [-0.25, -0.2) is 13.2 Å². The number of aromatic nitrogens is 2. The second kappa shape index (κ2) is 7.55. The highest BCUT2D eigenvalue weighted by molar-refractivity contribution is 7.80. The quantitative estimate of drug-likeness (QED) is 0.469. The molecular weight excluding hydrogens is 392 g/mol. The van der Waals surface area contributed by atoms with E-state index in [0.29, 0.717) is 36.1 Å². The van der Waals surface area contributed by atoms with Gasteiger partial charge in [-0.3, -0.25) is 4.90 Å². The summed E-state index contributed by atoms with van der Waals surface area (Å²) >= 11 is 0. The van der Waals surface area contributed by atoms with Gasteiger partial charge in [-0.05, 0) is 19.8 Å². The van der Waals surface area contributed by atoms with E-state index in [9.17, 15) is 17.8 Å². The lowest BCUT2D eigenvalue weighted by molar-refractivity contribution is -0.0328. The Morgan fingerprint density at radius 2 is 2.11 bits per heavy atom. The fraction of sp³-hybridized carbons (Fsp3) is 0.800. The average Bonchev–Trinajstić information content (AvgIpc) is 3.21. The summed E-state index contributed by atoms with van der Waals surface area (Å²) in [4.78, 5) is 16.2. The SMILES string of the molecule is CC(Cc1nnc([C@@H]2CC[C@@H]3CN2C(=O)N3OS(=O)(=O)[O-])o1)N1CCNCC1.[H+]. The molecule has 4 rings (SSSR count).